The third-order valence-electron chi connectivity index (χ3n) is 2.90. The molecule has 4 heteroatoms. The van der Waals surface area contributed by atoms with Gasteiger partial charge < -0.3 is 5.11 Å². The number of aryl methyl sites for hydroxylation is 1. The van der Waals surface area contributed by atoms with Crippen LogP contribution in [0.15, 0.2) is 24.3 Å². The molecule has 1 nitrogen and oxygen atoms in total. The number of halogens is 3. The lowest BCUT2D eigenvalue weighted by molar-refractivity contribution is -0.210. The van der Waals surface area contributed by atoms with Crippen molar-refractivity contribution in [3.63, 3.8) is 0 Å². The van der Waals surface area contributed by atoms with E-state index in [1.54, 1.807) is 18.2 Å². The van der Waals surface area contributed by atoms with Crippen molar-refractivity contribution in [2.75, 3.05) is 0 Å². The van der Waals surface area contributed by atoms with Crippen molar-refractivity contribution in [3.8, 4) is 0 Å². The highest BCUT2D eigenvalue weighted by Gasteiger charge is 2.45. The molecule has 0 saturated heterocycles. The SMILES string of the molecule is OC(C1CCc2ccccc21)C(F)(F)F. The molecule has 0 spiro atoms. The molecule has 0 bridgehead atoms. The maximum atomic E-state index is 12.3. The molecule has 1 aromatic rings. The van der Waals surface area contributed by atoms with Crippen LogP contribution < -0.4 is 0 Å². The Kier molecular flexibility index (Phi) is 2.46. The molecule has 0 amide bonds. The number of hydrogen-bond acceptors (Lipinski definition) is 1. The highest BCUT2D eigenvalue weighted by molar-refractivity contribution is 5.35. The van der Waals surface area contributed by atoms with Gasteiger partial charge in [-0.1, -0.05) is 24.3 Å². The zero-order valence-electron chi connectivity index (χ0n) is 7.96. The van der Waals surface area contributed by atoms with Gasteiger partial charge in [0.15, 0.2) is 6.10 Å². The number of rotatable bonds is 1. The summed E-state index contributed by atoms with van der Waals surface area (Å²) in [7, 11) is 0. The Labute approximate surface area is 85.5 Å². The lowest BCUT2D eigenvalue weighted by atomic mass is 9.95. The third-order valence-corrected chi connectivity index (χ3v) is 2.90. The zero-order chi connectivity index (χ0) is 11.1. The quantitative estimate of drug-likeness (QED) is 0.765. The minimum atomic E-state index is -4.53. The molecule has 1 aliphatic rings. The molecule has 0 aliphatic heterocycles. The van der Waals surface area contributed by atoms with E-state index in [-0.39, 0.29) is 0 Å². The molecule has 2 atom stereocenters. The van der Waals surface area contributed by atoms with Crippen LogP contribution in [0.25, 0.3) is 0 Å². The Morgan fingerprint density at radius 2 is 1.93 bits per heavy atom. The fourth-order valence-electron chi connectivity index (χ4n) is 2.15. The summed E-state index contributed by atoms with van der Waals surface area (Å²) in [6, 6.07) is 7.00. The van der Waals surface area contributed by atoms with Crippen LogP contribution in [0.5, 0.6) is 0 Å². The van der Waals surface area contributed by atoms with Crippen LogP contribution in [-0.4, -0.2) is 17.4 Å². The summed E-state index contributed by atoms with van der Waals surface area (Å²) >= 11 is 0. The topological polar surface area (TPSA) is 20.2 Å². The maximum Gasteiger partial charge on any atom is 0.414 e. The van der Waals surface area contributed by atoms with E-state index in [1.807, 2.05) is 6.07 Å². The van der Waals surface area contributed by atoms with Crippen molar-refractivity contribution in [3.05, 3.63) is 35.4 Å². The maximum absolute atomic E-state index is 12.3. The minimum Gasteiger partial charge on any atom is -0.383 e. The van der Waals surface area contributed by atoms with E-state index < -0.39 is 18.2 Å². The van der Waals surface area contributed by atoms with Gasteiger partial charge in [0.2, 0.25) is 0 Å². The van der Waals surface area contributed by atoms with E-state index in [0.29, 0.717) is 18.4 Å². The van der Waals surface area contributed by atoms with Crippen LogP contribution in [0, 0.1) is 0 Å². The van der Waals surface area contributed by atoms with Crippen molar-refractivity contribution in [2.45, 2.75) is 31.0 Å². The second-order valence-corrected chi connectivity index (χ2v) is 3.83. The van der Waals surface area contributed by atoms with Crippen LogP contribution in [0.4, 0.5) is 13.2 Å². The Morgan fingerprint density at radius 1 is 1.27 bits per heavy atom. The first-order valence-corrected chi connectivity index (χ1v) is 4.82. The Hall–Kier alpha value is -1.03. The van der Waals surface area contributed by atoms with Gasteiger partial charge in [-0.05, 0) is 24.0 Å². The van der Waals surface area contributed by atoms with E-state index in [1.165, 1.54) is 0 Å². The summed E-state index contributed by atoms with van der Waals surface area (Å²) in [6.07, 6.45) is -5.77. The molecule has 15 heavy (non-hydrogen) atoms. The normalized spacial score (nSPS) is 22.5. The van der Waals surface area contributed by atoms with Gasteiger partial charge in [-0.15, -0.1) is 0 Å². The van der Waals surface area contributed by atoms with Crippen molar-refractivity contribution in [1.82, 2.24) is 0 Å². The number of fused-ring (bicyclic) bond motifs is 1. The fraction of sp³-hybridized carbons (Fsp3) is 0.455. The van der Waals surface area contributed by atoms with Crippen molar-refractivity contribution in [2.24, 2.45) is 0 Å². The van der Waals surface area contributed by atoms with Gasteiger partial charge >= 0.3 is 6.18 Å². The van der Waals surface area contributed by atoms with Gasteiger partial charge in [-0.3, -0.25) is 0 Å². The van der Waals surface area contributed by atoms with E-state index in [2.05, 4.69) is 0 Å². The molecule has 0 fully saturated rings. The van der Waals surface area contributed by atoms with Crippen LogP contribution in [0.1, 0.15) is 23.5 Å². The molecule has 2 rings (SSSR count). The third kappa shape index (κ3) is 1.86. The molecule has 0 radical (unpaired) electrons. The summed E-state index contributed by atoms with van der Waals surface area (Å²) in [5.74, 6) is -0.791. The lowest BCUT2D eigenvalue weighted by Gasteiger charge is -2.21. The second-order valence-electron chi connectivity index (χ2n) is 3.83. The van der Waals surface area contributed by atoms with Crippen molar-refractivity contribution in [1.29, 1.82) is 0 Å². The van der Waals surface area contributed by atoms with Crippen LogP contribution in [-0.2, 0) is 6.42 Å². The predicted molar refractivity (Wildman–Crippen MR) is 49.6 cm³/mol. The van der Waals surface area contributed by atoms with Gasteiger partial charge in [-0.2, -0.15) is 13.2 Å². The predicted octanol–water partition coefficient (Wildman–Crippen LogP) is 2.64. The first kappa shape index (κ1) is 10.5. The van der Waals surface area contributed by atoms with Crippen LogP contribution in [0.2, 0.25) is 0 Å². The van der Waals surface area contributed by atoms with Crippen LogP contribution in [0.3, 0.4) is 0 Å². The van der Waals surface area contributed by atoms with Crippen LogP contribution >= 0.6 is 0 Å². The fourth-order valence-corrected chi connectivity index (χ4v) is 2.15. The molecule has 1 aromatic carbocycles. The number of aliphatic hydroxyl groups excluding tert-OH is 1. The highest BCUT2D eigenvalue weighted by atomic mass is 19.4. The summed E-state index contributed by atoms with van der Waals surface area (Å²) in [4.78, 5) is 0. The largest absolute Gasteiger partial charge is 0.414 e. The molecule has 82 valence electrons. The Morgan fingerprint density at radius 3 is 2.60 bits per heavy atom. The Balaban J connectivity index is 2.28. The molecule has 2 unspecified atom stereocenters. The van der Waals surface area contributed by atoms with Gasteiger partial charge in [0.1, 0.15) is 0 Å². The number of benzene rings is 1. The van der Waals surface area contributed by atoms with E-state index >= 15 is 0 Å². The molecule has 1 N–H and O–H groups in total. The first-order chi connectivity index (χ1) is 7.00. The van der Waals surface area contributed by atoms with Gasteiger partial charge in [0, 0.05) is 5.92 Å². The standard InChI is InChI=1S/C11H11F3O/c12-11(13,14)10(15)9-6-5-7-3-1-2-4-8(7)9/h1-4,9-10,15H,5-6H2. The molecule has 0 aromatic heterocycles. The molecular weight excluding hydrogens is 205 g/mol. The van der Waals surface area contributed by atoms with E-state index in [0.717, 1.165) is 5.56 Å². The lowest BCUT2D eigenvalue weighted by Crippen LogP contribution is -2.33. The second kappa shape index (κ2) is 3.52. The van der Waals surface area contributed by atoms with Gasteiger partial charge in [0.05, 0.1) is 0 Å². The average molecular weight is 216 g/mol. The first-order valence-electron chi connectivity index (χ1n) is 4.82. The van der Waals surface area contributed by atoms with Gasteiger partial charge in [0.25, 0.3) is 0 Å². The monoisotopic (exact) mass is 216 g/mol. The summed E-state index contributed by atoms with van der Waals surface area (Å²) in [6.45, 7) is 0. The van der Waals surface area contributed by atoms with E-state index in [9.17, 15) is 18.3 Å². The zero-order valence-corrected chi connectivity index (χ0v) is 7.96. The summed E-state index contributed by atoms with van der Waals surface area (Å²) in [5, 5.41) is 9.21. The number of alkyl halides is 3. The van der Waals surface area contributed by atoms with Crippen molar-refractivity contribution >= 4 is 0 Å². The molecule has 1 aliphatic carbocycles. The highest BCUT2D eigenvalue weighted by Crippen LogP contribution is 2.40. The summed E-state index contributed by atoms with van der Waals surface area (Å²) < 4.78 is 37.0. The Bertz CT molecular complexity index is 359. The smallest absolute Gasteiger partial charge is 0.383 e. The number of hydrogen-bond donors (Lipinski definition) is 1. The van der Waals surface area contributed by atoms with Crippen molar-refractivity contribution < 1.29 is 18.3 Å². The summed E-state index contributed by atoms with van der Waals surface area (Å²) in [5.41, 5.74) is 1.56. The molecular formula is C11H11F3O. The molecule has 0 saturated carbocycles. The van der Waals surface area contributed by atoms with Gasteiger partial charge in [-0.25, -0.2) is 0 Å². The molecule has 0 heterocycles. The number of aliphatic hydroxyl groups is 1. The minimum absolute atomic E-state index is 0.375. The average Bonchev–Trinajstić information content (AvgIpc) is 2.58. The van der Waals surface area contributed by atoms with E-state index in [4.69, 9.17) is 0 Å².